The van der Waals surface area contributed by atoms with Crippen molar-refractivity contribution in [2.45, 2.75) is 4.90 Å². The van der Waals surface area contributed by atoms with Crippen molar-refractivity contribution in [2.24, 2.45) is 0 Å². The summed E-state index contributed by atoms with van der Waals surface area (Å²) in [7, 11) is 0. The van der Waals surface area contributed by atoms with Crippen LogP contribution in [0.1, 0.15) is 0 Å². The molecule has 0 bridgehead atoms. The van der Waals surface area contributed by atoms with E-state index >= 15 is 0 Å². The number of nitrogens with zero attached hydrogens (tertiary/aromatic N) is 4. The maximum atomic E-state index is 13.5. The van der Waals surface area contributed by atoms with E-state index in [0.717, 1.165) is 17.4 Å². The van der Waals surface area contributed by atoms with E-state index in [-0.39, 0.29) is 17.5 Å². The first-order valence-corrected chi connectivity index (χ1v) is 7.71. The Morgan fingerprint density at radius 1 is 1.17 bits per heavy atom. The second-order valence-electron chi connectivity index (χ2n) is 4.57. The van der Waals surface area contributed by atoms with E-state index in [1.54, 1.807) is 42.5 Å². The molecule has 0 radical (unpaired) electrons. The van der Waals surface area contributed by atoms with E-state index in [4.69, 9.17) is 0 Å². The first-order valence-electron chi connectivity index (χ1n) is 6.73. The molecule has 0 spiro atoms. The molecule has 1 amide bonds. The molecule has 3 rings (SSSR count). The molecular formula is C15H12FN5OS. The standard InChI is InChI=1S/C15H12FN5OS/c16-13-3-1-2-4-14(13)23-9-15(22)18-11-5-7-12(8-6-11)21-10-17-19-20-21/h1-8,10H,9H2,(H,18,22). The third-order valence-corrected chi connectivity index (χ3v) is 4.01. The zero-order valence-corrected chi connectivity index (χ0v) is 12.7. The molecule has 6 nitrogen and oxygen atoms in total. The molecule has 0 unspecified atom stereocenters. The quantitative estimate of drug-likeness (QED) is 0.728. The fourth-order valence-corrected chi connectivity index (χ4v) is 2.62. The maximum Gasteiger partial charge on any atom is 0.234 e. The fourth-order valence-electron chi connectivity index (χ4n) is 1.88. The normalized spacial score (nSPS) is 10.5. The molecular weight excluding hydrogens is 317 g/mol. The lowest BCUT2D eigenvalue weighted by Crippen LogP contribution is -2.14. The molecule has 0 aliphatic carbocycles. The lowest BCUT2D eigenvalue weighted by atomic mass is 10.3. The molecule has 116 valence electrons. The maximum absolute atomic E-state index is 13.5. The number of amides is 1. The van der Waals surface area contributed by atoms with Gasteiger partial charge in [0.15, 0.2) is 0 Å². The van der Waals surface area contributed by atoms with Gasteiger partial charge in [-0.3, -0.25) is 4.79 Å². The molecule has 23 heavy (non-hydrogen) atoms. The summed E-state index contributed by atoms with van der Waals surface area (Å²) in [4.78, 5) is 12.4. The van der Waals surface area contributed by atoms with E-state index in [2.05, 4.69) is 20.8 Å². The number of hydrogen-bond donors (Lipinski definition) is 1. The van der Waals surface area contributed by atoms with E-state index < -0.39 is 0 Å². The number of aromatic nitrogens is 4. The van der Waals surface area contributed by atoms with E-state index in [1.165, 1.54) is 17.1 Å². The Morgan fingerprint density at radius 3 is 2.65 bits per heavy atom. The molecule has 1 aromatic heterocycles. The van der Waals surface area contributed by atoms with Gasteiger partial charge >= 0.3 is 0 Å². The lowest BCUT2D eigenvalue weighted by Gasteiger charge is -2.06. The highest BCUT2D eigenvalue weighted by Crippen LogP contribution is 2.21. The van der Waals surface area contributed by atoms with Gasteiger partial charge in [-0.1, -0.05) is 12.1 Å². The Bertz CT molecular complexity index is 792. The summed E-state index contributed by atoms with van der Waals surface area (Å²) in [5, 5.41) is 13.7. The smallest absolute Gasteiger partial charge is 0.234 e. The first-order chi connectivity index (χ1) is 11.2. The molecule has 1 heterocycles. The Kier molecular flexibility index (Phi) is 4.62. The van der Waals surface area contributed by atoms with Gasteiger partial charge in [-0.2, -0.15) is 0 Å². The lowest BCUT2D eigenvalue weighted by molar-refractivity contribution is -0.113. The topological polar surface area (TPSA) is 72.7 Å². The second-order valence-corrected chi connectivity index (χ2v) is 5.59. The van der Waals surface area contributed by atoms with Gasteiger partial charge in [0.25, 0.3) is 0 Å². The Morgan fingerprint density at radius 2 is 1.96 bits per heavy atom. The van der Waals surface area contributed by atoms with Crippen LogP contribution in [-0.4, -0.2) is 31.9 Å². The van der Waals surface area contributed by atoms with Gasteiger partial charge in [0.05, 0.1) is 11.4 Å². The van der Waals surface area contributed by atoms with Crippen molar-refractivity contribution in [2.75, 3.05) is 11.1 Å². The van der Waals surface area contributed by atoms with E-state index in [9.17, 15) is 9.18 Å². The number of tetrazole rings is 1. The van der Waals surface area contributed by atoms with Crippen LogP contribution in [0.5, 0.6) is 0 Å². The van der Waals surface area contributed by atoms with Crippen LogP contribution in [0.15, 0.2) is 59.8 Å². The van der Waals surface area contributed by atoms with Crippen molar-refractivity contribution in [3.8, 4) is 5.69 Å². The average molecular weight is 329 g/mol. The van der Waals surface area contributed by atoms with Gasteiger partial charge in [-0.15, -0.1) is 16.9 Å². The van der Waals surface area contributed by atoms with Crippen LogP contribution >= 0.6 is 11.8 Å². The summed E-state index contributed by atoms with van der Waals surface area (Å²) in [6.07, 6.45) is 1.48. The molecule has 0 aliphatic heterocycles. The number of halogens is 1. The number of benzene rings is 2. The Balaban J connectivity index is 1.57. The van der Waals surface area contributed by atoms with Gasteiger partial charge in [-0.05, 0) is 46.8 Å². The van der Waals surface area contributed by atoms with Crippen molar-refractivity contribution in [1.82, 2.24) is 20.2 Å². The first kappa shape index (κ1) is 15.2. The minimum absolute atomic E-state index is 0.135. The number of carbonyl (C=O) groups is 1. The Labute approximate surface area is 135 Å². The van der Waals surface area contributed by atoms with Gasteiger partial charge in [0.1, 0.15) is 12.1 Å². The van der Waals surface area contributed by atoms with Gasteiger partial charge < -0.3 is 5.32 Å². The van der Waals surface area contributed by atoms with Crippen LogP contribution in [0.2, 0.25) is 0 Å². The van der Waals surface area contributed by atoms with Crippen LogP contribution in [0.25, 0.3) is 5.69 Å². The third kappa shape index (κ3) is 3.92. The summed E-state index contributed by atoms with van der Waals surface area (Å²) in [5.74, 6) is -0.389. The van der Waals surface area contributed by atoms with Crippen LogP contribution in [0, 0.1) is 5.82 Å². The largest absolute Gasteiger partial charge is 0.325 e. The average Bonchev–Trinajstić information content (AvgIpc) is 3.09. The molecule has 0 aliphatic rings. The van der Waals surface area contributed by atoms with Crippen molar-refractivity contribution in [3.63, 3.8) is 0 Å². The highest BCUT2D eigenvalue weighted by molar-refractivity contribution is 8.00. The van der Waals surface area contributed by atoms with Crippen LogP contribution in [-0.2, 0) is 4.79 Å². The van der Waals surface area contributed by atoms with Crippen LogP contribution < -0.4 is 5.32 Å². The highest BCUT2D eigenvalue weighted by atomic mass is 32.2. The minimum Gasteiger partial charge on any atom is -0.325 e. The van der Waals surface area contributed by atoms with E-state index in [1.807, 2.05) is 0 Å². The zero-order valence-electron chi connectivity index (χ0n) is 11.9. The van der Waals surface area contributed by atoms with Crippen molar-refractivity contribution in [1.29, 1.82) is 0 Å². The number of nitrogens with one attached hydrogen (secondary N) is 1. The summed E-state index contributed by atoms with van der Waals surface area (Å²) in [6.45, 7) is 0. The van der Waals surface area contributed by atoms with Crippen molar-refractivity contribution < 1.29 is 9.18 Å². The van der Waals surface area contributed by atoms with Gasteiger partial charge in [-0.25, -0.2) is 9.07 Å². The van der Waals surface area contributed by atoms with Crippen LogP contribution in [0.4, 0.5) is 10.1 Å². The molecule has 0 saturated carbocycles. The van der Waals surface area contributed by atoms with Gasteiger partial charge in [0, 0.05) is 10.6 Å². The SMILES string of the molecule is O=C(CSc1ccccc1F)Nc1ccc(-n2cnnn2)cc1. The number of anilines is 1. The summed E-state index contributed by atoms with van der Waals surface area (Å²) in [5.41, 5.74) is 1.44. The monoisotopic (exact) mass is 329 g/mol. The second kappa shape index (κ2) is 7.01. The van der Waals surface area contributed by atoms with Crippen molar-refractivity contribution >= 4 is 23.4 Å². The summed E-state index contributed by atoms with van der Waals surface area (Å²) < 4.78 is 15.0. The predicted molar refractivity (Wildman–Crippen MR) is 84.9 cm³/mol. The van der Waals surface area contributed by atoms with Gasteiger partial charge in [0.2, 0.25) is 5.91 Å². The molecule has 1 N–H and O–H groups in total. The van der Waals surface area contributed by atoms with E-state index in [0.29, 0.717) is 10.6 Å². The number of carbonyl (C=O) groups excluding carboxylic acids is 1. The number of thioether (sulfide) groups is 1. The predicted octanol–water partition coefficient (Wildman–Crippen LogP) is 2.53. The fraction of sp³-hybridized carbons (Fsp3) is 0.0667. The minimum atomic E-state index is -0.323. The number of hydrogen-bond acceptors (Lipinski definition) is 5. The molecule has 2 aromatic carbocycles. The Hall–Kier alpha value is -2.74. The summed E-state index contributed by atoms with van der Waals surface area (Å²) >= 11 is 1.16. The van der Waals surface area contributed by atoms with Crippen molar-refractivity contribution in [3.05, 3.63) is 60.7 Å². The number of rotatable bonds is 5. The molecule has 3 aromatic rings. The summed E-state index contributed by atoms with van der Waals surface area (Å²) in [6, 6.07) is 13.5. The molecule has 8 heteroatoms. The molecule has 0 atom stereocenters. The molecule has 0 fully saturated rings. The third-order valence-electron chi connectivity index (χ3n) is 2.96. The van der Waals surface area contributed by atoms with Crippen LogP contribution in [0.3, 0.4) is 0 Å². The molecule has 0 saturated heterocycles. The zero-order chi connectivity index (χ0) is 16.1. The highest BCUT2D eigenvalue weighted by Gasteiger charge is 2.07.